The van der Waals surface area contributed by atoms with Crippen LogP contribution in [0, 0.1) is 29.8 Å². The number of aromatic nitrogens is 4. The van der Waals surface area contributed by atoms with Gasteiger partial charge in [-0.3, -0.25) is 0 Å². The molecule has 3 aromatic heterocycles. The molecule has 0 N–H and O–H groups in total. The summed E-state index contributed by atoms with van der Waals surface area (Å²) in [5, 5.41) is 11.8. The Kier molecular flexibility index (Phi) is 16.4. The maximum absolute atomic E-state index is 9.88. The molecule has 0 aliphatic heterocycles. The molecule has 0 radical (unpaired) electrons. The second-order valence-corrected chi connectivity index (χ2v) is 23.7. The van der Waals surface area contributed by atoms with Crippen molar-refractivity contribution >= 4 is 32.8 Å². The molecule has 0 aliphatic rings. The molecule has 0 saturated carbocycles. The van der Waals surface area contributed by atoms with Crippen LogP contribution in [-0.4, -0.2) is 14.1 Å². The molecule has 0 unspecified atom stereocenters. The molecule has 0 bridgehead atoms. The van der Waals surface area contributed by atoms with E-state index in [0.717, 1.165) is 76.6 Å². The summed E-state index contributed by atoms with van der Waals surface area (Å²) in [6.45, 7) is 7.40. The number of imidazole rings is 1. The first kappa shape index (κ1) is 57.9. The molecule has 0 aliphatic carbocycles. The summed E-state index contributed by atoms with van der Waals surface area (Å²) in [6.07, 6.45) is 9.47. The van der Waals surface area contributed by atoms with Crippen LogP contribution in [0.5, 0.6) is 11.5 Å². The quantitative estimate of drug-likeness (QED) is 0.0550. The number of rotatable bonds is 16. The van der Waals surface area contributed by atoms with Crippen molar-refractivity contribution < 1.29 is 30.4 Å². The molecule has 14 rings (SSSR count). The predicted molar refractivity (Wildman–Crippen MR) is 359 cm³/mol. The van der Waals surface area contributed by atoms with E-state index in [-0.39, 0.29) is 26.5 Å². The fraction of sp³-hybridized carbons (Fsp3) is 0.110. The Bertz CT molecular complexity index is 4640. The first-order chi connectivity index (χ1) is 43.2. The van der Waals surface area contributed by atoms with E-state index in [0.29, 0.717) is 17.1 Å². The van der Waals surface area contributed by atoms with Gasteiger partial charge in [-0.1, -0.05) is 196 Å². The number of hydrogen-bond acceptors (Lipinski definition) is 3. The first-order valence-corrected chi connectivity index (χ1v) is 30.3. The molecule has 0 atom stereocenters. The van der Waals surface area contributed by atoms with Crippen molar-refractivity contribution in [2.24, 2.45) is 0 Å². The van der Waals surface area contributed by atoms with E-state index < -0.39 is 0 Å². The summed E-state index contributed by atoms with van der Waals surface area (Å²) in [5.74, 6) is 1.87. The van der Waals surface area contributed by atoms with Gasteiger partial charge in [-0.25, -0.2) is 4.98 Å². The van der Waals surface area contributed by atoms with Gasteiger partial charge in [0.25, 0.3) is 0 Å². The number of aryl methyl sites for hydroxylation is 1. The molecule has 0 amide bonds. The van der Waals surface area contributed by atoms with E-state index in [1.807, 2.05) is 48.7 Å². The normalized spacial score (nSPS) is 11.4. The number of nitrogens with zero attached hydrogens (tertiary/aromatic N) is 5. The third-order valence-corrected chi connectivity index (χ3v) is 16.9. The minimum atomic E-state index is -0.0803. The zero-order chi connectivity index (χ0) is 59.6. The van der Waals surface area contributed by atoms with Gasteiger partial charge < -0.3 is 18.4 Å². The van der Waals surface area contributed by atoms with E-state index in [1.165, 1.54) is 77.9 Å². The van der Waals surface area contributed by atoms with E-state index in [4.69, 9.17) is 9.72 Å². The number of hydrogen-bond donors (Lipinski definition) is 0. The molecule has 89 heavy (non-hydrogen) atoms. The van der Waals surface area contributed by atoms with Crippen LogP contribution < -0.4 is 9.30 Å². The average Bonchev–Trinajstić information content (AvgIpc) is 2.17. The minimum Gasteiger partial charge on any atom is -0.510 e. The molecule has 434 valence electrons. The molecule has 0 fully saturated rings. The number of fused-ring (bicyclic) bond motifs is 4. The van der Waals surface area contributed by atoms with Crippen molar-refractivity contribution in [2.45, 2.75) is 58.4 Å². The smallest absolute Gasteiger partial charge is 0.242 e. The van der Waals surface area contributed by atoms with Crippen LogP contribution in [0.3, 0.4) is 0 Å². The predicted octanol–water partition coefficient (Wildman–Crippen LogP) is 20.2. The van der Waals surface area contributed by atoms with Gasteiger partial charge in [0.2, 0.25) is 6.33 Å². The van der Waals surface area contributed by atoms with Gasteiger partial charge in [0.15, 0.2) is 0 Å². The Balaban J connectivity index is 0.00000729. The Hall–Kier alpha value is -10.2. The van der Waals surface area contributed by atoms with Crippen LogP contribution in [-0.2, 0) is 39.4 Å². The van der Waals surface area contributed by atoms with Crippen molar-refractivity contribution in [2.75, 3.05) is 0 Å². The average molecular weight is 1330 g/mol. The number of para-hydroxylation sites is 2. The van der Waals surface area contributed by atoms with Crippen LogP contribution in [0.25, 0.3) is 111 Å². The standard InChI is InChI=1S/C82H63N5O.Pt/c1-82(2,3)68-42-43-84-81(52-68)87-77-41-38-57(55-83)45-76(77)75-40-39-71(54-80(75)87)88-70-32-21-31-69(53-70)86-56-85(78-36-18-19-37-79(78)86)44-20-8-17-33-74-72(66-48-62(58-23-9-4-10-24-58)46-63(49-66)59-25-11-5-12-26-59)34-22-35-73(74)67-50-64(60-27-13-6-14-28-60)47-65(51-67)61-29-15-7-16-30-61;/h4-7,9-16,18-19,21-32,34-43,45-52H,8,17,20,33,44H2,1-3H3;/q-2;. The zero-order valence-corrected chi connectivity index (χ0v) is 52.2. The summed E-state index contributed by atoms with van der Waals surface area (Å²) < 4.78 is 13.1. The molecule has 3 heterocycles. The summed E-state index contributed by atoms with van der Waals surface area (Å²) >= 11 is 0. The van der Waals surface area contributed by atoms with E-state index in [9.17, 15) is 5.26 Å². The molecule has 0 spiro atoms. The van der Waals surface area contributed by atoms with Crippen LogP contribution in [0.1, 0.15) is 56.7 Å². The second kappa shape index (κ2) is 25.3. The number of pyridine rings is 1. The van der Waals surface area contributed by atoms with Gasteiger partial charge in [0.05, 0.1) is 29.2 Å². The fourth-order valence-corrected chi connectivity index (χ4v) is 12.4. The third-order valence-electron chi connectivity index (χ3n) is 16.9. The van der Waals surface area contributed by atoms with Crippen molar-refractivity contribution in [3.63, 3.8) is 0 Å². The molecule has 14 aromatic rings. The van der Waals surface area contributed by atoms with Crippen LogP contribution in [0.15, 0.2) is 267 Å². The molecule has 6 nitrogen and oxygen atoms in total. The molecular formula is C82H63N5OPt-2. The number of unbranched alkanes of at least 4 members (excludes halogenated alkanes) is 2. The third kappa shape index (κ3) is 12.0. The van der Waals surface area contributed by atoms with E-state index in [1.54, 1.807) is 0 Å². The van der Waals surface area contributed by atoms with Gasteiger partial charge >= 0.3 is 0 Å². The van der Waals surface area contributed by atoms with Crippen LogP contribution in [0.2, 0.25) is 0 Å². The Morgan fingerprint density at radius 3 is 1.62 bits per heavy atom. The van der Waals surface area contributed by atoms with Gasteiger partial charge in [0.1, 0.15) is 5.82 Å². The van der Waals surface area contributed by atoms with Gasteiger partial charge in [-0.05, 0) is 181 Å². The van der Waals surface area contributed by atoms with Crippen molar-refractivity contribution in [3.05, 3.63) is 302 Å². The van der Waals surface area contributed by atoms with Gasteiger partial charge in [-0.15, -0.1) is 29.7 Å². The summed E-state index contributed by atoms with van der Waals surface area (Å²) in [5.41, 5.74) is 22.2. The first-order valence-electron chi connectivity index (χ1n) is 30.3. The molecule has 0 saturated heterocycles. The van der Waals surface area contributed by atoms with Crippen molar-refractivity contribution in [1.82, 2.24) is 14.1 Å². The Morgan fingerprint density at radius 2 is 1.03 bits per heavy atom. The van der Waals surface area contributed by atoms with Crippen molar-refractivity contribution in [1.29, 1.82) is 5.26 Å². The summed E-state index contributed by atoms with van der Waals surface area (Å²) in [4.78, 5) is 4.86. The zero-order valence-electron chi connectivity index (χ0n) is 49.9. The van der Waals surface area contributed by atoms with E-state index in [2.05, 4.69) is 277 Å². The molecule has 11 aromatic carbocycles. The Morgan fingerprint density at radius 1 is 0.483 bits per heavy atom. The molecular weight excluding hydrogens is 1270 g/mol. The topological polar surface area (TPSA) is 59.6 Å². The Labute approximate surface area is 535 Å². The number of nitriles is 1. The largest absolute Gasteiger partial charge is 0.510 e. The minimum absolute atomic E-state index is 0. The van der Waals surface area contributed by atoms with Gasteiger partial charge in [-0.2, -0.15) is 23.5 Å². The number of ether oxygens (including phenoxy) is 1. The van der Waals surface area contributed by atoms with Crippen LogP contribution >= 0.6 is 0 Å². The van der Waals surface area contributed by atoms with E-state index >= 15 is 0 Å². The second-order valence-electron chi connectivity index (χ2n) is 23.7. The summed E-state index contributed by atoms with van der Waals surface area (Å²) in [6, 6.07) is 102. The SMILES string of the molecule is CC(C)(C)c1ccnc(-n2c3[c-]c(Oc4[c-]c(-n5[c-][n+](CCCCCc6c(-c7cc(-c8ccccc8)cc(-c8ccccc8)c7)cccc6-c6cc(-c7ccccc7)cc(-c7ccccc7)c6)c6ccccc65)ccc4)ccc3c3cc(C#N)ccc32)c1.[Pt]. The maximum Gasteiger partial charge on any atom is 0.242 e. The monoisotopic (exact) mass is 1330 g/mol. The summed E-state index contributed by atoms with van der Waals surface area (Å²) in [7, 11) is 0. The molecule has 7 heteroatoms. The maximum atomic E-state index is 9.88. The van der Waals surface area contributed by atoms with Crippen LogP contribution in [0.4, 0.5) is 0 Å². The number of benzene rings is 11. The van der Waals surface area contributed by atoms with Gasteiger partial charge in [0, 0.05) is 44.3 Å². The van der Waals surface area contributed by atoms with Crippen molar-refractivity contribution in [3.8, 4) is 95.8 Å². The fourth-order valence-electron chi connectivity index (χ4n) is 12.4.